The van der Waals surface area contributed by atoms with Crippen molar-refractivity contribution < 1.29 is 14.6 Å². The van der Waals surface area contributed by atoms with Gasteiger partial charge in [0.1, 0.15) is 11.5 Å². The number of anilines is 1. The number of rotatable bonds is 14. The zero-order valence-corrected chi connectivity index (χ0v) is 33.0. The number of halogens is 4. The molecule has 6 N–H and O–H groups in total. The maximum Gasteiger partial charge on any atom is 0.270 e. The molecule has 0 bridgehead atoms. The van der Waals surface area contributed by atoms with Gasteiger partial charge in [-0.25, -0.2) is 0 Å². The molecular weight excluding hydrogens is 1030 g/mol. The average molecular weight is 1060 g/mol. The summed E-state index contributed by atoms with van der Waals surface area (Å²) in [5.41, 5.74) is 7.50. The summed E-state index contributed by atoms with van der Waals surface area (Å²) >= 11 is 8.61. The fraction of sp³-hybridized carbons (Fsp3) is 0.323. The monoisotopic (exact) mass is 1060 g/mol. The summed E-state index contributed by atoms with van der Waals surface area (Å²) in [5.74, 6) is 1.44. The molecule has 0 aliphatic carbocycles. The Labute approximate surface area is 315 Å². The third-order valence-corrected chi connectivity index (χ3v) is 10.5. The van der Waals surface area contributed by atoms with Gasteiger partial charge in [0.25, 0.3) is 11.1 Å². The summed E-state index contributed by atoms with van der Waals surface area (Å²) in [6.45, 7) is 4.24. The number of nitrogens with two attached hydrogens (primary N) is 1. The van der Waals surface area contributed by atoms with Crippen LogP contribution in [0.5, 0.6) is 17.2 Å². The first-order chi connectivity index (χ1) is 21.5. The van der Waals surface area contributed by atoms with Crippen molar-refractivity contribution >= 4 is 113 Å². The second-order valence-electron chi connectivity index (χ2n) is 10.5. The number of unbranched alkanes of at least 4 members (excludes halogenated alkanes) is 3. The SMILES string of the molecule is CCN(CCCCCCNC(=O)[C@@H](N)Cc1cc(I)c(Oc2cc(I)c(O)c(I)c2)c(I)c1)c1ccc2c(=O)[nH][nH]c(=O)c2c1. The number of phenolic OH excluding ortho intramolecular Hbond substituents is 1. The van der Waals surface area contributed by atoms with E-state index in [-0.39, 0.29) is 22.8 Å². The van der Waals surface area contributed by atoms with Crippen LogP contribution in [0, 0.1) is 14.3 Å². The van der Waals surface area contributed by atoms with Gasteiger partial charge in [-0.3, -0.25) is 24.6 Å². The summed E-state index contributed by atoms with van der Waals surface area (Å²) < 4.78 is 9.40. The van der Waals surface area contributed by atoms with Crippen LogP contribution in [0.2, 0.25) is 0 Å². The molecule has 0 saturated carbocycles. The highest BCUT2D eigenvalue weighted by Gasteiger charge is 2.18. The zero-order valence-electron chi connectivity index (χ0n) is 24.4. The maximum atomic E-state index is 12.7. The lowest BCUT2D eigenvalue weighted by Crippen LogP contribution is -2.42. The van der Waals surface area contributed by atoms with E-state index in [1.54, 1.807) is 24.3 Å². The van der Waals surface area contributed by atoms with E-state index >= 15 is 0 Å². The molecule has 1 amide bonds. The number of carbonyl (C=O) groups is 1. The van der Waals surface area contributed by atoms with Crippen LogP contribution in [0.25, 0.3) is 10.8 Å². The third kappa shape index (κ3) is 9.69. The minimum atomic E-state index is -0.661. The van der Waals surface area contributed by atoms with Crippen molar-refractivity contribution in [3.63, 3.8) is 0 Å². The summed E-state index contributed by atoms with van der Waals surface area (Å²) in [6, 6.07) is 12.2. The first-order valence-electron chi connectivity index (χ1n) is 14.3. The molecule has 0 radical (unpaired) electrons. The predicted molar refractivity (Wildman–Crippen MR) is 212 cm³/mol. The Hall–Kier alpha value is -1.65. The van der Waals surface area contributed by atoms with Gasteiger partial charge in [0.05, 0.1) is 31.1 Å². The van der Waals surface area contributed by atoms with E-state index in [0.717, 1.165) is 62.9 Å². The molecule has 45 heavy (non-hydrogen) atoms. The Morgan fingerprint density at radius 2 is 1.53 bits per heavy atom. The normalized spacial score (nSPS) is 11.9. The van der Waals surface area contributed by atoms with Gasteiger partial charge in [-0.1, -0.05) is 12.8 Å². The molecule has 0 aliphatic rings. The highest BCUT2D eigenvalue weighted by molar-refractivity contribution is 14.1. The second-order valence-corrected chi connectivity index (χ2v) is 15.1. The molecular formula is C31H33I4N5O5. The lowest BCUT2D eigenvalue weighted by molar-refractivity contribution is -0.122. The number of amides is 1. The van der Waals surface area contributed by atoms with E-state index in [1.807, 2.05) is 18.2 Å². The number of aromatic amines is 2. The van der Waals surface area contributed by atoms with E-state index in [4.69, 9.17) is 10.5 Å². The van der Waals surface area contributed by atoms with Gasteiger partial charge >= 0.3 is 0 Å². The quantitative estimate of drug-likeness (QED) is 0.0745. The molecule has 240 valence electrons. The maximum absolute atomic E-state index is 12.7. The second kappa shape index (κ2) is 17.0. The number of benzene rings is 3. The standard InChI is InChI=1S/C31H33I4N5O5/c1-2-40(18-7-8-20-21(14-18)30(43)39-38-29(20)42)10-6-4-3-5-9-37-31(44)26(36)13-17-11-24(34)28(25(35)12-17)45-19-15-22(32)27(41)23(33)16-19/h7-8,11-12,14-16,26,41H,2-6,9-10,13,36H2,1H3,(H,37,44)(H,38,42)(H,39,43)/t26-/m0/s1. The van der Waals surface area contributed by atoms with Crippen LogP contribution in [0.1, 0.15) is 38.2 Å². The van der Waals surface area contributed by atoms with Crippen LogP contribution in [0.3, 0.4) is 0 Å². The molecule has 4 rings (SSSR count). The summed E-state index contributed by atoms with van der Waals surface area (Å²) in [5, 5.41) is 18.5. The fourth-order valence-corrected chi connectivity index (χ4v) is 8.68. The van der Waals surface area contributed by atoms with Gasteiger partial charge in [-0.2, -0.15) is 0 Å². The van der Waals surface area contributed by atoms with Crippen molar-refractivity contribution in [1.82, 2.24) is 15.5 Å². The van der Waals surface area contributed by atoms with Gasteiger partial charge in [0, 0.05) is 25.3 Å². The number of aromatic nitrogens is 2. The number of hydrogen-bond acceptors (Lipinski definition) is 7. The highest BCUT2D eigenvalue weighted by Crippen LogP contribution is 2.37. The smallest absolute Gasteiger partial charge is 0.270 e. The minimum absolute atomic E-state index is 0.170. The number of aromatic hydroxyl groups is 1. The first kappa shape index (κ1) is 36.2. The van der Waals surface area contributed by atoms with Crippen molar-refractivity contribution in [1.29, 1.82) is 0 Å². The minimum Gasteiger partial charge on any atom is -0.506 e. The molecule has 0 aliphatic heterocycles. The fourth-order valence-electron chi connectivity index (χ4n) is 4.85. The van der Waals surface area contributed by atoms with Crippen LogP contribution in [0.15, 0.2) is 52.1 Å². The van der Waals surface area contributed by atoms with Gasteiger partial charge in [-0.05, 0) is 165 Å². The molecule has 3 aromatic carbocycles. The summed E-state index contributed by atoms with van der Waals surface area (Å²) in [7, 11) is 0. The number of nitrogens with one attached hydrogen (secondary N) is 3. The third-order valence-electron chi connectivity index (χ3n) is 7.24. The number of carbonyl (C=O) groups excluding carboxylic acids is 1. The van der Waals surface area contributed by atoms with Crippen LogP contribution >= 0.6 is 90.4 Å². The predicted octanol–water partition coefficient (Wildman–Crippen LogP) is 6.21. The van der Waals surface area contributed by atoms with Crippen LogP contribution in [-0.2, 0) is 11.2 Å². The van der Waals surface area contributed by atoms with E-state index < -0.39 is 6.04 Å². The Morgan fingerprint density at radius 1 is 0.911 bits per heavy atom. The molecule has 1 atom stereocenters. The Bertz CT molecular complexity index is 1750. The molecule has 0 spiro atoms. The lowest BCUT2D eigenvalue weighted by Gasteiger charge is -2.23. The Balaban J connectivity index is 1.19. The molecule has 1 aromatic heterocycles. The van der Waals surface area contributed by atoms with Crippen LogP contribution < -0.4 is 31.8 Å². The number of phenols is 1. The highest BCUT2D eigenvalue weighted by atomic mass is 127. The molecule has 1 heterocycles. The van der Waals surface area contributed by atoms with Gasteiger partial charge < -0.3 is 25.8 Å². The summed E-state index contributed by atoms with van der Waals surface area (Å²) in [4.78, 5) is 39.0. The van der Waals surface area contributed by atoms with Crippen LogP contribution in [-0.4, -0.2) is 46.9 Å². The topological polar surface area (TPSA) is 154 Å². The zero-order chi connectivity index (χ0) is 32.7. The Morgan fingerprint density at radius 3 is 2.18 bits per heavy atom. The lowest BCUT2D eigenvalue weighted by atomic mass is 10.1. The van der Waals surface area contributed by atoms with Gasteiger partial charge in [0.2, 0.25) is 5.91 Å². The van der Waals surface area contributed by atoms with Gasteiger partial charge in [0.15, 0.2) is 5.75 Å². The van der Waals surface area contributed by atoms with Crippen molar-refractivity contribution in [3.05, 3.63) is 83.0 Å². The molecule has 4 aromatic rings. The number of nitrogens with zero attached hydrogens (tertiary/aromatic N) is 1. The van der Waals surface area contributed by atoms with Gasteiger partial charge in [-0.15, -0.1) is 0 Å². The van der Waals surface area contributed by atoms with Crippen LogP contribution in [0.4, 0.5) is 5.69 Å². The Kier molecular flexibility index (Phi) is 13.6. The summed E-state index contributed by atoms with van der Waals surface area (Å²) in [6.07, 6.45) is 4.20. The molecule has 14 heteroatoms. The number of ether oxygens (including phenoxy) is 1. The molecule has 0 unspecified atom stereocenters. The van der Waals surface area contributed by atoms with Crippen molar-refractivity contribution in [2.24, 2.45) is 5.73 Å². The van der Waals surface area contributed by atoms with E-state index in [2.05, 4.69) is 118 Å². The van der Waals surface area contributed by atoms with Crippen molar-refractivity contribution in [2.45, 2.75) is 45.1 Å². The van der Waals surface area contributed by atoms with E-state index in [9.17, 15) is 19.5 Å². The van der Waals surface area contributed by atoms with Crippen molar-refractivity contribution in [2.75, 3.05) is 24.5 Å². The van der Waals surface area contributed by atoms with E-state index in [1.165, 1.54) is 0 Å². The average Bonchev–Trinajstić information content (AvgIpc) is 3.00. The first-order valence-corrected chi connectivity index (χ1v) is 18.7. The molecule has 0 fully saturated rings. The number of H-pyrrole nitrogens is 2. The number of fused-ring (bicyclic) bond motifs is 1. The largest absolute Gasteiger partial charge is 0.506 e. The number of hydrogen-bond donors (Lipinski definition) is 5. The molecule has 0 saturated heterocycles. The van der Waals surface area contributed by atoms with Crippen molar-refractivity contribution in [3.8, 4) is 17.2 Å². The molecule has 10 nitrogen and oxygen atoms in total. The van der Waals surface area contributed by atoms with E-state index in [0.29, 0.717) is 36.6 Å².